The van der Waals surface area contributed by atoms with Gasteiger partial charge >= 0.3 is 0 Å². The molecule has 0 atom stereocenters. The van der Waals surface area contributed by atoms with E-state index in [1.54, 1.807) is 11.3 Å². The lowest BCUT2D eigenvalue weighted by molar-refractivity contribution is 0.0944. The molecule has 1 heterocycles. The standard InChI is InChI=1S/C14H14FNO2S/c1-2-9-6-7-10(19-9)8-16-14(18)13-11(15)4-3-5-12(13)17/h3-7,17H,2,8H2,1H3,(H,16,18). The molecule has 3 nitrogen and oxygen atoms in total. The van der Waals surface area contributed by atoms with E-state index in [1.807, 2.05) is 12.1 Å². The number of nitrogens with one attached hydrogen (secondary N) is 1. The molecule has 1 amide bonds. The Bertz CT molecular complexity index is 575. The van der Waals surface area contributed by atoms with Gasteiger partial charge in [0.15, 0.2) is 0 Å². The summed E-state index contributed by atoms with van der Waals surface area (Å²) in [7, 11) is 0. The Morgan fingerprint density at radius 1 is 1.32 bits per heavy atom. The van der Waals surface area contributed by atoms with Gasteiger partial charge in [0.05, 0.1) is 6.54 Å². The molecule has 0 aliphatic rings. The minimum atomic E-state index is -0.724. The Morgan fingerprint density at radius 3 is 2.68 bits per heavy atom. The molecule has 0 spiro atoms. The van der Waals surface area contributed by atoms with Crippen molar-refractivity contribution in [2.24, 2.45) is 0 Å². The highest BCUT2D eigenvalue weighted by Crippen LogP contribution is 2.20. The number of thiophene rings is 1. The lowest BCUT2D eigenvalue weighted by Crippen LogP contribution is -2.23. The number of halogens is 1. The molecule has 0 saturated heterocycles. The average molecular weight is 279 g/mol. The van der Waals surface area contributed by atoms with Crippen molar-refractivity contribution >= 4 is 17.2 Å². The Labute approximate surface area is 114 Å². The number of aryl methyl sites for hydroxylation is 1. The molecular formula is C14H14FNO2S. The molecule has 2 aromatic rings. The van der Waals surface area contributed by atoms with E-state index >= 15 is 0 Å². The van der Waals surface area contributed by atoms with Crippen LogP contribution in [0, 0.1) is 5.82 Å². The molecule has 1 aromatic carbocycles. The van der Waals surface area contributed by atoms with Crippen LogP contribution in [-0.2, 0) is 13.0 Å². The number of benzene rings is 1. The number of carbonyl (C=O) groups is 1. The third kappa shape index (κ3) is 3.12. The zero-order valence-electron chi connectivity index (χ0n) is 10.4. The maximum absolute atomic E-state index is 13.5. The van der Waals surface area contributed by atoms with Gasteiger partial charge in [0.2, 0.25) is 0 Å². The number of amides is 1. The molecular weight excluding hydrogens is 265 g/mol. The lowest BCUT2D eigenvalue weighted by atomic mass is 10.1. The van der Waals surface area contributed by atoms with Crippen molar-refractivity contribution in [3.63, 3.8) is 0 Å². The summed E-state index contributed by atoms with van der Waals surface area (Å²) in [5.74, 6) is -1.68. The second kappa shape index (κ2) is 5.84. The van der Waals surface area contributed by atoms with Crippen LogP contribution in [0.25, 0.3) is 0 Å². The zero-order valence-corrected chi connectivity index (χ0v) is 11.3. The monoisotopic (exact) mass is 279 g/mol. The largest absolute Gasteiger partial charge is 0.507 e. The topological polar surface area (TPSA) is 49.3 Å². The fourth-order valence-electron chi connectivity index (χ4n) is 1.70. The van der Waals surface area contributed by atoms with Gasteiger partial charge in [-0.2, -0.15) is 0 Å². The minimum absolute atomic E-state index is 0.310. The summed E-state index contributed by atoms with van der Waals surface area (Å²) in [5.41, 5.74) is -0.310. The normalized spacial score (nSPS) is 10.4. The first-order valence-electron chi connectivity index (χ1n) is 5.95. The van der Waals surface area contributed by atoms with Crippen LogP contribution in [0.15, 0.2) is 30.3 Å². The van der Waals surface area contributed by atoms with Crippen LogP contribution in [0.2, 0.25) is 0 Å². The van der Waals surface area contributed by atoms with Gasteiger partial charge in [-0.05, 0) is 30.7 Å². The van der Waals surface area contributed by atoms with Crippen molar-refractivity contribution in [1.29, 1.82) is 0 Å². The summed E-state index contributed by atoms with van der Waals surface area (Å²) in [5, 5.41) is 12.1. The van der Waals surface area contributed by atoms with Crippen molar-refractivity contribution in [3.05, 3.63) is 51.5 Å². The Balaban J connectivity index is 2.05. The van der Waals surface area contributed by atoms with E-state index in [9.17, 15) is 14.3 Å². The quantitative estimate of drug-likeness (QED) is 0.903. The summed E-state index contributed by atoms with van der Waals surface area (Å²) < 4.78 is 13.5. The molecule has 2 rings (SSSR count). The minimum Gasteiger partial charge on any atom is -0.507 e. The second-order valence-electron chi connectivity index (χ2n) is 4.04. The van der Waals surface area contributed by atoms with Crippen molar-refractivity contribution in [2.45, 2.75) is 19.9 Å². The maximum atomic E-state index is 13.5. The van der Waals surface area contributed by atoms with Gasteiger partial charge in [0.25, 0.3) is 5.91 Å². The lowest BCUT2D eigenvalue weighted by Gasteiger charge is -2.06. The zero-order chi connectivity index (χ0) is 13.8. The molecule has 19 heavy (non-hydrogen) atoms. The van der Waals surface area contributed by atoms with Gasteiger partial charge < -0.3 is 10.4 Å². The fourth-order valence-corrected chi connectivity index (χ4v) is 2.60. The maximum Gasteiger partial charge on any atom is 0.258 e. The molecule has 0 aliphatic carbocycles. The summed E-state index contributed by atoms with van der Waals surface area (Å²) >= 11 is 1.61. The van der Waals surface area contributed by atoms with Crippen LogP contribution in [0.5, 0.6) is 5.75 Å². The highest BCUT2D eigenvalue weighted by atomic mass is 32.1. The Kier molecular flexibility index (Phi) is 4.16. The van der Waals surface area contributed by atoms with Gasteiger partial charge in [0.1, 0.15) is 17.1 Å². The van der Waals surface area contributed by atoms with E-state index < -0.39 is 11.7 Å². The van der Waals surface area contributed by atoms with Crippen LogP contribution in [-0.4, -0.2) is 11.0 Å². The molecule has 5 heteroatoms. The van der Waals surface area contributed by atoms with E-state index in [0.717, 1.165) is 17.4 Å². The predicted molar refractivity (Wildman–Crippen MR) is 72.9 cm³/mol. The van der Waals surface area contributed by atoms with Gasteiger partial charge in [-0.1, -0.05) is 13.0 Å². The van der Waals surface area contributed by atoms with Crippen LogP contribution in [0.1, 0.15) is 27.0 Å². The van der Waals surface area contributed by atoms with Crippen molar-refractivity contribution in [1.82, 2.24) is 5.32 Å². The molecule has 0 unspecified atom stereocenters. The summed E-state index contributed by atoms with van der Waals surface area (Å²) in [6.07, 6.45) is 0.951. The molecule has 1 aromatic heterocycles. The number of rotatable bonds is 4. The number of carbonyl (C=O) groups excluding carboxylic acids is 1. The third-order valence-electron chi connectivity index (χ3n) is 2.71. The highest BCUT2D eigenvalue weighted by Gasteiger charge is 2.16. The molecule has 0 bridgehead atoms. The number of hydrogen-bond donors (Lipinski definition) is 2. The van der Waals surface area contributed by atoms with Crippen LogP contribution >= 0.6 is 11.3 Å². The highest BCUT2D eigenvalue weighted by molar-refractivity contribution is 7.11. The molecule has 100 valence electrons. The van der Waals surface area contributed by atoms with Crippen molar-refractivity contribution < 1.29 is 14.3 Å². The fraction of sp³-hybridized carbons (Fsp3) is 0.214. The van der Waals surface area contributed by atoms with E-state index in [0.29, 0.717) is 6.54 Å². The van der Waals surface area contributed by atoms with Gasteiger partial charge in [-0.15, -0.1) is 11.3 Å². The summed E-state index contributed by atoms with van der Waals surface area (Å²) in [6.45, 7) is 2.39. The van der Waals surface area contributed by atoms with E-state index in [1.165, 1.54) is 17.0 Å². The van der Waals surface area contributed by atoms with E-state index in [4.69, 9.17) is 0 Å². The second-order valence-corrected chi connectivity index (χ2v) is 5.29. The first-order chi connectivity index (χ1) is 9.11. The van der Waals surface area contributed by atoms with E-state index in [-0.39, 0.29) is 11.3 Å². The third-order valence-corrected chi connectivity index (χ3v) is 3.94. The molecule has 0 aliphatic heterocycles. The number of hydrogen-bond acceptors (Lipinski definition) is 3. The Morgan fingerprint density at radius 2 is 2.05 bits per heavy atom. The van der Waals surface area contributed by atoms with Crippen molar-refractivity contribution in [2.75, 3.05) is 0 Å². The van der Waals surface area contributed by atoms with Crippen LogP contribution < -0.4 is 5.32 Å². The molecule has 2 N–H and O–H groups in total. The number of phenolic OH excluding ortho intramolecular Hbond substituents is 1. The van der Waals surface area contributed by atoms with Crippen LogP contribution in [0.3, 0.4) is 0 Å². The molecule has 0 saturated carbocycles. The van der Waals surface area contributed by atoms with Gasteiger partial charge in [-0.3, -0.25) is 4.79 Å². The number of aromatic hydroxyl groups is 1. The first-order valence-corrected chi connectivity index (χ1v) is 6.76. The predicted octanol–water partition coefficient (Wildman–Crippen LogP) is 3.09. The summed E-state index contributed by atoms with van der Waals surface area (Å²) in [4.78, 5) is 14.1. The first kappa shape index (κ1) is 13.5. The van der Waals surface area contributed by atoms with Crippen LogP contribution in [0.4, 0.5) is 4.39 Å². The average Bonchev–Trinajstić information content (AvgIpc) is 2.84. The molecule has 0 fully saturated rings. The number of phenols is 1. The smallest absolute Gasteiger partial charge is 0.258 e. The summed E-state index contributed by atoms with van der Waals surface area (Å²) in [6, 6.07) is 7.74. The van der Waals surface area contributed by atoms with E-state index in [2.05, 4.69) is 12.2 Å². The SMILES string of the molecule is CCc1ccc(CNC(=O)c2c(O)cccc2F)s1. The van der Waals surface area contributed by atoms with Gasteiger partial charge in [-0.25, -0.2) is 4.39 Å². The molecule has 0 radical (unpaired) electrons. The van der Waals surface area contributed by atoms with Crippen molar-refractivity contribution in [3.8, 4) is 5.75 Å². The Hall–Kier alpha value is -1.88. The van der Waals surface area contributed by atoms with Gasteiger partial charge in [0, 0.05) is 9.75 Å².